The molecular formula is C15H20IN3OS. The molecule has 6 heteroatoms. The number of hydrogen-bond acceptors (Lipinski definition) is 3. The van der Waals surface area contributed by atoms with E-state index in [4.69, 9.17) is 0 Å². The molecule has 0 fully saturated rings. The normalized spacial score (nSPS) is 10.8. The third-order valence-electron chi connectivity index (χ3n) is 2.71. The fraction of sp³-hybridized carbons (Fsp3) is 0.267. The highest BCUT2D eigenvalue weighted by atomic mass is 127. The van der Waals surface area contributed by atoms with Crippen LogP contribution in [-0.2, 0) is 13.1 Å². The number of nitrogens with one attached hydrogen (secondary N) is 2. The van der Waals surface area contributed by atoms with Gasteiger partial charge in [-0.3, -0.25) is 0 Å². The molecule has 0 bridgehead atoms. The summed E-state index contributed by atoms with van der Waals surface area (Å²) in [4.78, 5) is 5.81. The predicted octanol–water partition coefficient (Wildman–Crippen LogP) is 3.33. The molecule has 0 unspecified atom stereocenters. The fourth-order valence-electron chi connectivity index (χ4n) is 1.70. The van der Waals surface area contributed by atoms with Crippen molar-refractivity contribution in [2.45, 2.75) is 20.0 Å². The summed E-state index contributed by atoms with van der Waals surface area (Å²) in [5.41, 5.74) is 1.07. The van der Waals surface area contributed by atoms with Crippen LogP contribution in [0.15, 0.2) is 46.8 Å². The molecule has 2 aromatic rings. The Hall–Kier alpha value is -1.28. The van der Waals surface area contributed by atoms with Crippen molar-refractivity contribution in [3.8, 4) is 5.75 Å². The Balaban J connectivity index is 0.00000220. The van der Waals surface area contributed by atoms with Gasteiger partial charge in [-0.2, -0.15) is 0 Å². The number of thiophene rings is 1. The Morgan fingerprint density at radius 1 is 1.19 bits per heavy atom. The average molecular weight is 417 g/mol. The Bertz CT molecular complexity index is 541. The number of nitrogens with zero attached hydrogens (tertiary/aromatic N) is 1. The van der Waals surface area contributed by atoms with Crippen molar-refractivity contribution in [2.75, 3.05) is 6.54 Å². The van der Waals surface area contributed by atoms with E-state index in [0.717, 1.165) is 24.6 Å². The zero-order valence-electron chi connectivity index (χ0n) is 11.9. The summed E-state index contributed by atoms with van der Waals surface area (Å²) in [5.74, 6) is 1.08. The zero-order chi connectivity index (χ0) is 14.2. The molecule has 3 N–H and O–H groups in total. The minimum absolute atomic E-state index is 0. The lowest BCUT2D eigenvalue weighted by Crippen LogP contribution is -2.36. The molecule has 0 amide bonds. The van der Waals surface area contributed by atoms with E-state index in [2.05, 4.69) is 27.1 Å². The van der Waals surface area contributed by atoms with Crippen LogP contribution in [-0.4, -0.2) is 17.6 Å². The minimum atomic E-state index is 0. The summed E-state index contributed by atoms with van der Waals surface area (Å²) in [5, 5.41) is 17.8. The third kappa shape index (κ3) is 6.34. The molecule has 114 valence electrons. The molecule has 0 aliphatic rings. The summed E-state index contributed by atoms with van der Waals surface area (Å²) < 4.78 is 0. The number of guanidine groups is 1. The summed E-state index contributed by atoms with van der Waals surface area (Å²) in [6.07, 6.45) is 0. The number of phenols is 1. The van der Waals surface area contributed by atoms with Crippen molar-refractivity contribution in [1.82, 2.24) is 10.6 Å². The molecule has 1 aromatic heterocycles. The summed E-state index contributed by atoms with van der Waals surface area (Å²) in [7, 11) is 0. The third-order valence-corrected chi connectivity index (χ3v) is 3.59. The van der Waals surface area contributed by atoms with Gasteiger partial charge in [0.25, 0.3) is 0 Å². The van der Waals surface area contributed by atoms with E-state index in [0.29, 0.717) is 6.54 Å². The van der Waals surface area contributed by atoms with Crippen LogP contribution >= 0.6 is 35.3 Å². The molecule has 1 heterocycles. The number of rotatable bonds is 5. The van der Waals surface area contributed by atoms with Crippen LogP contribution in [0.3, 0.4) is 0 Å². The summed E-state index contributed by atoms with van der Waals surface area (Å²) in [6, 6.07) is 11.3. The van der Waals surface area contributed by atoms with Crippen molar-refractivity contribution in [1.29, 1.82) is 0 Å². The first-order chi connectivity index (χ1) is 9.78. The number of halogens is 1. The number of phenolic OH excluding ortho intramolecular Hbond substituents is 1. The van der Waals surface area contributed by atoms with Gasteiger partial charge in [-0.1, -0.05) is 18.2 Å². The van der Waals surface area contributed by atoms with Crippen LogP contribution in [0.2, 0.25) is 0 Å². The highest BCUT2D eigenvalue weighted by Gasteiger charge is 1.99. The van der Waals surface area contributed by atoms with Gasteiger partial charge in [0.2, 0.25) is 0 Å². The van der Waals surface area contributed by atoms with Crippen LogP contribution in [0, 0.1) is 0 Å². The Morgan fingerprint density at radius 3 is 2.57 bits per heavy atom. The lowest BCUT2D eigenvalue weighted by atomic mass is 10.2. The maximum atomic E-state index is 9.25. The highest BCUT2D eigenvalue weighted by Crippen LogP contribution is 2.10. The Morgan fingerprint density at radius 2 is 1.95 bits per heavy atom. The SMILES string of the molecule is CCNC(=NCc1ccc(O)cc1)NCc1cccs1.I. The van der Waals surface area contributed by atoms with Crippen molar-refractivity contribution in [2.24, 2.45) is 4.99 Å². The quantitative estimate of drug-likeness (QED) is 0.398. The molecule has 0 spiro atoms. The standard InChI is InChI=1S/C15H19N3OS.HI/c1-2-16-15(18-11-14-4-3-9-20-14)17-10-12-5-7-13(19)8-6-12;/h3-9,19H,2,10-11H2,1H3,(H2,16,17,18);1H. The number of hydrogen-bond donors (Lipinski definition) is 3. The Kier molecular flexibility index (Phi) is 8.14. The smallest absolute Gasteiger partial charge is 0.191 e. The second-order valence-corrected chi connectivity index (χ2v) is 5.33. The van der Waals surface area contributed by atoms with Gasteiger partial charge in [0, 0.05) is 11.4 Å². The monoisotopic (exact) mass is 417 g/mol. The maximum absolute atomic E-state index is 9.25. The molecular weight excluding hydrogens is 397 g/mol. The first-order valence-electron chi connectivity index (χ1n) is 6.60. The predicted molar refractivity (Wildman–Crippen MR) is 99.5 cm³/mol. The summed E-state index contributed by atoms with van der Waals surface area (Å²) >= 11 is 1.73. The van der Waals surface area contributed by atoms with Crippen molar-refractivity contribution >= 4 is 41.3 Å². The van der Waals surface area contributed by atoms with Gasteiger partial charge in [-0.05, 0) is 36.1 Å². The van der Waals surface area contributed by atoms with Crippen LogP contribution in [0.25, 0.3) is 0 Å². The van der Waals surface area contributed by atoms with Crippen molar-refractivity contribution < 1.29 is 5.11 Å². The lowest BCUT2D eigenvalue weighted by Gasteiger charge is -2.10. The van der Waals surface area contributed by atoms with Crippen molar-refractivity contribution in [3.05, 3.63) is 52.2 Å². The van der Waals surface area contributed by atoms with Gasteiger partial charge >= 0.3 is 0 Å². The van der Waals surface area contributed by atoms with Gasteiger partial charge in [0.05, 0.1) is 13.1 Å². The second kappa shape index (κ2) is 9.62. The Labute approximate surface area is 146 Å². The molecule has 0 radical (unpaired) electrons. The first kappa shape index (κ1) is 17.8. The maximum Gasteiger partial charge on any atom is 0.191 e. The molecule has 0 atom stereocenters. The largest absolute Gasteiger partial charge is 0.508 e. The van der Waals surface area contributed by atoms with Crippen LogP contribution < -0.4 is 10.6 Å². The van der Waals surface area contributed by atoms with Crippen LogP contribution in [0.1, 0.15) is 17.4 Å². The highest BCUT2D eigenvalue weighted by molar-refractivity contribution is 14.0. The molecule has 21 heavy (non-hydrogen) atoms. The van der Waals surface area contributed by atoms with E-state index < -0.39 is 0 Å². The van der Waals surface area contributed by atoms with E-state index >= 15 is 0 Å². The van der Waals surface area contributed by atoms with E-state index in [1.54, 1.807) is 23.5 Å². The van der Waals surface area contributed by atoms with Gasteiger partial charge in [0.15, 0.2) is 5.96 Å². The zero-order valence-corrected chi connectivity index (χ0v) is 15.0. The molecule has 1 aromatic carbocycles. The van der Waals surface area contributed by atoms with E-state index in [1.165, 1.54) is 4.88 Å². The fourth-order valence-corrected chi connectivity index (χ4v) is 2.34. The molecule has 4 nitrogen and oxygen atoms in total. The second-order valence-electron chi connectivity index (χ2n) is 4.29. The van der Waals surface area contributed by atoms with Gasteiger partial charge < -0.3 is 15.7 Å². The van der Waals surface area contributed by atoms with E-state index in [1.807, 2.05) is 25.1 Å². The van der Waals surface area contributed by atoms with E-state index in [-0.39, 0.29) is 29.7 Å². The minimum Gasteiger partial charge on any atom is -0.508 e. The molecule has 2 rings (SSSR count). The molecule has 0 aliphatic heterocycles. The molecule has 0 aliphatic carbocycles. The first-order valence-corrected chi connectivity index (χ1v) is 7.48. The van der Waals surface area contributed by atoms with E-state index in [9.17, 15) is 5.11 Å². The number of benzene rings is 1. The molecule has 0 saturated carbocycles. The molecule has 0 saturated heterocycles. The van der Waals surface area contributed by atoms with Crippen LogP contribution in [0.4, 0.5) is 0 Å². The lowest BCUT2D eigenvalue weighted by molar-refractivity contribution is 0.475. The average Bonchev–Trinajstić information content (AvgIpc) is 2.97. The van der Waals surface area contributed by atoms with Gasteiger partial charge in [-0.15, -0.1) is 35.3 Å². The van der Waals surface area contributed by atoms with Crippen molar-refractivity contribution in [3.63, 3.8) is 0 Å². The topological polar surface area (TPSA) is 56.7 Å². The van der Waals surface area contributed by atoms with Gasteiger partial charge in [-0.25, -0.2) is 4.99 Å². The van der Waals surface area contributed by atoms with Gasteiger partial charge in [0.1, 0.15) is 5.75 Å². The number of aromatic hydroxyl groups is 1. The number of aliphatic imine (C=N–C) groups is 1. The summed E-state index contributed by atoms with van der Waals surface area (Å²) in [6.45, 7) is 4.23. The van der Waals surface area contributed by atoms with Crippen LogP contribution in [0.5, 0.6) is 5.75 Å².